The average Bonchev–Trinajstić information content (AvgIpc) is 3.49. The van der Waals surface area contributed by atoms with Crippen molar-refractivity contribution in [3.8, 4) is 11.3 Å². The van der Waals surface area contributed by atoms with Gasteiger partial charge in [0.05, 0.1) is 26.2 Å². The van der Waals surface area contributed by atoms with Crippen LogP contribution in [0.3, 0.4) is 0 Å². The molecule has 1 saturated heterocycles. The normalized spacial score (nSPS) is 19.8. The molecule has 1 amide bonds. The number of carbonyl (C=O) groups is 1. The van der Waals surface area contributed by atoms with Crippen molar-refractivity contribution in [2.24, 2.45) is 4.99 Å². The van der Waals surface area contributed by atoms with Crippen molar-refractivity contribution in [3.05, 3.63) is 62.1 Å². The highest BCUT2D eigenvalue weighted by Gasteiger charge is 2.39. The molecule has 1 saturated carbocycles. The second-order valence-corrected chi connectivity index (χ2v) is 10.7. The number of thioether (sulfide) groups is 1. The molecule has 5 nitrogen and oxygen atoms in total. The Morgan fingerprint density at radius 1 is 1.15 bits per heavy atom. The van der Waals surface area contributed by atoms with E-state index in [1.165, 1.54) is 29.5 Å². The first-order chi connectivity index (χ1) is 16.0. The molecule has 1 aliphatic heterocycles. The van der Waals surface area contributed by atoms with Gasteiger partial charge >= 0.3 is 0 Å². The van der Waals surface area contributed by atoms with Crippen molar-refractivity contribution < 1.29 is 9.21 Å². The molecule has 5 rings (SSSR count). The third-order valence-electron chi connectivity index (χ3n) is 5.68. The molecular formula is C24H21Cl2N3O2S2. The van der Waals surface area contributed by atoms with Gasteiger partial charge in [-0.25, -0.2) is 4.98 Å². The molecule has 3 aromatic rings. The van der Waals surface area contributed by atoms with Gasteiger partial charge in [-0.15, -0.1) is 11.3 Å². The number of aromatic nitrogens is 1. The van der Waals surface area contributed by atoms with Crippen LogP contribution in [-0.2, 0) is 4.79 Å². The Labute approximate surface area is 210 Å². The fraction of sp³-hybridized carbons (Fsp3) is 0.292. The lowest BCUT2D eigenvalue weighted by Crippen LogP contribution is -2.40. The van der Waals surface area contributed by atoms with E-state index in [1.807, 2.05) is 29.3 Å². The molecule has 3 heterocycles. The van der Waals surface area contributed by atoms with E-state index < -0.39 is 0 Å². The minimum Gasteiger partial charge on any atom is -0.457 e. The number of amides is 1. The molecule has 2 aliphatic rings. The second kappa shape index (κ2) is 9.66. The fourth-order valence-corrected chi connectivity index (χ4v) is 6.45. The number of benzene rings is 1. The molecule has 2 aromatic heterocycles. The summed E-state index contributed by atoms with van der Waals surface area (Å²) in [6.45, 7) is 1.94. The Kier molecular flexibility index (Phi) is 6.65. The summed E-state index contributed by atoms with van der Waals surface area (Å²) in [5, 5.41) is 4.34. The smallest absolute Gasteiger partial charge is 0.267 e. The van der Waals surface area contributed by atoms with Crippen LogP contribution >= 0.6 is 46.3 Å². The summed E-state index contributed by atoms with van der Waals surface area (Å²) in [6, 6.07) is 9.13. The van der Waals surface area contributed by atoms with Gasteiger partial charge in [-0.3, -0.25) is 9.69 Å². The first kappa shape index (κ1) is 22.7. The van der Waals surface area contributed by atoms with Crippen LogP contribution in [0.5, 0.6) is 0 Å². The van der Waals surface area contributed by atoms with Gasteiger partial charge in [-0.1, -0.05) is 48.5 Å². The predicted octanol–water partition coefficient (Wildman–Crippen LogP) is 7.96. The monoisotopic (exact) mass is 517 g/mol. The molecule has 2 fully saturated rings. The molecule has 170 valence electrons. The van der Waals surface area contributed by atoms with Crippen molar-refractivity contribution in [2.75, 3.05) is 0 Å². The topological polar surface area (TPSA) is 58.7 Å². The summed E-state index contributed by atoms with van der Waals surface area (Å²) in [5.41, 5.74) is 1.57. The third-order valence-corrected chi connectivity index (χ3v) is 8.15. The van der Waals surface area contributed by atoms with E-state index in [0.29, 0.717) is 42.3 Å². The highest BCUT2D eigenvalue weighted by molar-refractivity contribution is 8.18. The van der Waals surface area contributed by atoms with Crippen LogP contribution in [0.1, 0.15) is 43.6 Å². The zero-order valence-corrected chi connectivity index (χ0v) is 21.0. The summed E-state index contributed by atoms with van der Waals surface area (Å²) in [4.78, 5) is 25.1. The number of nitrogens with zero attached hydrogens (tertiary/aromatic N) is 3. The zero-order valence-electron chi connectivity index (χ0n) is 17.9. The average molecular weight is 518 g/mol. The Morgan fingerprint density at radius 2 is 1.91 bits per heavy atom. The van der Waals surface area contributed by atoms with Crippen molar-refractivity contribution in [2.45, 2.75) is 45.1 Å². The van der Waals surface area contributed by atoms with Gasteiger partial charge in [0.25, 0.3) is 5.91 Å². The number of thiazole rings is 1. The largest absolute Gasteiger partial charge is 0.457 e. The van der Waals surface area contributed by atoms with Crippen LogP contribution in [0.15, 0.2) is 50.0 Å². The summed E-state index contributed by atoms with van der Waals surface area (Å²) in [5.74, 6) is 1.09. The highest BCUT2D eigenvalue weighted by Crippen LogP contribution is 2.40. The molecule has 0 N–H and O–H groups in total. The number of halogens is 2. The minimum absolute atomic E-state index is 0.0346. The predicted molar refractivity (Wildman–Crippen MR) is 137 cm³/mol. The number of hydrogen-bond acceptors (Lipinski definition) is 6. The summed E-state index contributed by atoms with van der Waals surface area (Å²) in [7, 11) is 0. The Hall–Kier alpha value is -2.06. The Morgan fingerprint density at radius 3 is 2.61 bits per heavy atom. The number of furan rings is 1. The van der Waals surface area contributed by atoms with Gasteiger partial charge in [0.1, 0.15) is 11.5 Å². The lowest BCUT2D eigenvalue weighted by atomic mass is 9.94. The Bertz CT molecular complexity index is 1240. The van der Waals surface area contributed by atoms with Crippen molar-refractivity contribution in [1.29, 1.82) is 0 Å². The second-order valence-electron chi connectivity index (χ2n) is 8.04. The van der Waals surface area contributed by atoms with Crippen LogP contribution in [0, 0.1) is 6.92 Å². The van der Waals surface area contributed by atoms with E-state index in [0.717, 1.165) is 31.4 Å². The van der Waals surface area contributed by atoms with E-state index in [4.69, 9.17) is 32.6 Å². The molecule has 0 bridgehead atoms. The van der Waals surface area contributed by atoms with E-state index in [1.54, 1.807) is 24.3 Å². The third kappa shape index (κ3) is 4.78. The lowest BCUT2D eigenvalue weighted by molar-refractivity contribution is -0.124. The summed E-state index contributed by atoms with van der Waals surface area (Å²) < 4.78 is 6.00. The van der Waals surface area contributed by atoms with Crippen LogP contribution in [0.25, 0.3) is 17.4 Å². The quantitative estimate of drug-likeness (QED) is 0.329. The molecule has 1 aromatic carbocycles. The summed E-state index contributed by atoms with van der Waals surface area (Å²) in [6.07, 6.45) is 7.22. The highest BCUT2D eigenvalue weighted by atomic mass is 35.5. The van der Waals surface area contributed by atoms with Gasteiger partial charge < -0.3 is 4.42 Å². The van der Waals surface area contributed by atoms with Gasteiger partial charge in [0, 0.05) is 17.5 Å². The Balaban J connectivity index is 1.48. The number of amidine groups is 1. The van der Waals surface area contributed by atoms with Crippen LogP contribution in [0.4, 0.5) is 5.13 Å². The lowest BCUT2D eigenvalue weighted by Gasteiger charge is -2.30. The van der Waals surface area contributed by atoms with Gasteiger partial charge in [0.2, 0.25) is 5.13 Å². The molecule has 0 spiro atoms. The van der Waals surface area contributed by atoms with Gasteiger partial charge in [-0.2, -0.15) is 4.99 Å². The number of hydrogen-bond donors (Lipinski definition) is 0. The molecule has 0 radical (unpaired) electrons. The maximum Gasteiger partial charge on any atom is 0.267 e. The van der Waals surface area contributed by atoms with Crippen molar-refractivity contribution in [3.63, 3.8) is 0 Å². The van der Waals surface area contributed by atoms with Crippen molar-refractivity contribution in [1.82, 2.24) is 9.88 Å². The molecule has 33 heavy (non-hydrogen) atoms. The van der Waals surface area contributed by atoms with E-state index in [9.17, 15) is 4.79 Å². The van der Waals surface area contributed by atoms with Crippen molar-refractivity contribution >= 4 is 68.6 Å². The molecule has 1 aliphatic carbocycles. The van der Waals surface area contributed by atoms with Gasteiger partial charge in [-0.05, 0) is 55.8 Å². The van der Waals surface area contributed by atoms with Crippen LogP contribution in [0.2, 0.25) is 10.0 Å². The standard InChI is InChI=1S/C24H21Cl2N3O2S2/c1-14-13-32-23(27-14)28-24-29(15-6-3-2-4-7-15)22(30)20(33-24)12-16-10-11-19(31-16)21-17(25)8-5-9-18(21)26/h5,8-13,15H,2-4,6-7H2,1H3/b20-12+,28-24+. The zero-order chi connectivity index (χ0) is 22.9. The minimum atomic E-state index is -0.0346. The maximum atomic E-state index is 13.5. The van der Waals surface area contributed by atoms with E-state index >= 15 is 0 Å². The number of carbonyl (C=O) groups excluding carboxylic acids is 1. The molecule has 0 atom stereocenters. The summed E-state index contributed by atoms with van der Waals surface area (Å²) >= 11 is 15.5. The van der Waals surface area contributed by atoms with E-state index in [2.05, 4.69) is 4.98 Å². The van der Waals surface area contributed by atoms with E-state index in [-0.39, 0.29) is 11.9 Å². The molecule has 9 heteroatoms. The SMILES string of the molecule is Cc1csc(/N=C2/S/C(=C/c3ccc(-c4c(Cl)cccc4Cl)o3)C(=O)N2C2CCCCC2)n1. The first-order valence-corrected chi connectivity index (χ1v) is 13.2. The number of rotatable bonds is 4. The van der Waals surface area contributed by atoms with Crippen LogP contribution in [-0.4, -0.2) is 27.0 Å². The number of aryl methyl sites for hydroxylation is 1. The van der Waals surface area contributed by atoms with Crippen LogP contribution < -0.4 is 0 Å². The maximum absolute atomic E-state index is 13.5. The fourth-order valence-electron chi connectivity index (χ4n) is 4.13. The van der Waals surface area contributed by atoms with Gasteiger partial charge in [0.15, 0.2) is 5.17 Å². The first-order valence-electron chi connectivity index (χ1n) is 10.8. The molecular weight excluding hydrogens is 497 g/mol. The molecule has 0 unspecified atom stereocenters. The number of aliphatic imine (C=N–C) groups is 1.